The summed E-state index contributed by atoms with van der Waals surface area (Å²) < 4.78 is 92.3. The smallest absolute Gasteiger partial charge is 0.267 e. The summed E-state index contributed by atoms with van der Waals surface area (Å²) in [7, 11) is 3.09. The third kappa shape index (κ3) is 9.35. The molecule has 13 nitrogen and oxygen atoms in total. The lowest BCUT2D eigenvalue weighted by atomic mass is 9.99. The second-order valence-corrected chi connectivity index (χ2v) is 15.8. The van der Waals surface area contributed by atoms with Crippen molar-refractivity contribution in [3.63, 3.8) is 0 Å². The van der Waals surface area contributed by atoms with Gasteiger partial charge >= 0.3 is 0 Å². The molecule has 0 saturated carbocycles. The highest BCUT2D eigenvalue weighted by Gasteiger charge is 2.50. The van der Waals surface area contributed by atoms with Crippen LogP contribution in [0.25, 0.3) is 33.5 Å². The summed E-state index contributed by atoms with van der Waals surface area (Å²) in [4.78, 5) is 62.7. The predicted octanol–water partition coefficient (Wildman–Crippen LogP) is 3.95. The van der Waals surface area contributed by atoms with Crippen LogP contribution in [0.1, 0.15) is 45.6 Å². The van der Waals surface area contributed by atoms with Crippen LogP contribution in [0.4, 0.5) is 26.3 Å². The van der Waals surface area contributed by atoms with Gasteiger partial charge in [-0.15, -0.1) is 0 Å². The number of aromatic amines is 1. The fourth-order valence-corrected chi connectivity index (χ4v) is 8.23. The van der Waals surface area contributed by atoms with Crippen molar-refractivity contribution in [1.29, 1.82) is 0 Å². The number of aromatic nitrogens is 3. The van der Waals surface area contributed by atoms with Gasteiger partial charge in [0.15, 0.2) is 5.82 Å². The molecule has 4 unspecified atom stereocenters. The highest BCUT2D eigenvalue weighted by Crippen LogP contribution is 2.40. The van der Waals surface area contributed by atoms with Crippen molar-refractivity contribution < 1.29 is 45.5 Å². The van der Waals surface area contributed by atoms with Crippen LogP contribution in [0.3, 0.4) is 0 Å². The van der Waals surface area contributed by atoms with Crippen molar-refractivity contribution in [3.8, 4) is 11.5 Å². The number of carbonyl (C=O) groups is 4. The van der Waals surface area contributed by atoms with Crippen LogP contribution < -0.4 is 21.3 Å². The van der Waals surface area contributed by atoms with Gasteiger partial charge < -0.3 is 40.6 Å². The molecule has 0 radical (unpaired) electrons. The van der Waals surface area contributed by atoms with Gasteiger partial charge in [0.1, 0.15) is 23.7 Å². The van der Waals surface area contributed by atoms with E-state index in [2.05, 4.69) is 26.3 Å². The number of likely N-dealkylation sites (tertiary alicyclic amines) is 2. The van der Waals surface area contributed by atoms with E-state index in [9.17, 15) is 28.0 Å². The number of halogens is 6. The highest BCUT2D eigenvalue weighted by molar-refractivity contribution is 5.93. The predicted molar refractivity (Wildman–Crippen MR) is 208 cm³/mol. The van der Waals surface area contributed by atoms with Crippen molar-refractivity contribution in [2.24, 2.45) is 5.92 Å². The molecule has 2 aromatic carbocycles. The number of likely N-dealkylation sites (N-methyl/N-ethyl adjacent to an activating group) is 2. The average Bonchev–Trinajstić information content (AvgIpc) is 3.88. The number of amides is 4. The fourth-order valence-electron chi connectivity index (χ4n) is 8.23. The van der Waals surface area contributed by atoms with Crippen molar-refractivity contribution in [2.75, 3.05) is 40.3 Å². The first-order chi connectivity index (χ1) is 27.8. The Hall–Kier alpha value is -5.17. The molecule has 0 aliphatic carbocycles. The standard InChI is InChI=1S/C40H49F6N9O4/c1-6-28(49-32(56)16-47-4)37(58)54-19-39(43,44)14-24(54)13-27-26-9-7-22(41)11-29(26)50-35(27)36-51-30-12-23(42)8-10-31(30)53(36)18-25-15-40(45,46)20-55(25)38(59)34(21(2)3)52-33(57)17-48-5/h7-12,21,24-25,28,34,47-48,50H,6,13-20H2,1-5H3,(H,49,56)(H,52,57). The molecule has 2 fully saturated rings. The third-order valence-corrected chi connectivity index (χ3v) is 10.9. The Morgan fingerprint density at radius 3 is 2.07 bits per heavy atom. The van der Waals surface area contributed by atoms with Crippen LogP contribution in [0.15, 0.2) is 36.4 Å². The molecule has 4 aromatic rings. The number of imidazole rings is 1. The number of rotatable bonds is 15. The van der Waals surface area contributed by atoms with Gasteiger partial charge in [0.2, 0.25) is 23.6 Å². The summed E-state index contributed by atoms with van der Waals surface area (Å²) in [5.41, 5.74) is 1.19. The molecule has 4 heterocycles. The van der Waals surface area contributed by atoms with Crippen molar-refractivity contribution in [1.82, 2.24) is 45.6 Å². The summed E-state index contributed by atoms with van der Waals surface area (Å²) in [5, 5.41) is 11.0. The molecular weight excluding hydrogens is 784 g/mol. The number of fused-ring (bicyclic) bond motifs is 2. The molecule has 59 heavy (non-hydrogen) atoms. The van der Waals surface area contributed by atoms with Gasteiger partial charge in [0.05, 0.1) is 48.9 Å². The highest BCUT2D eigenvalue weighted by atomic mass is 19.3. The number of hydrogen-bond donors (Lipinski definition) is 5. The minimum atomic E-state index is -3.31. The Balaban J connectivity index is 1.44. The molecule has 2 aromatic heterocycles. The normalized spacial score (nSPS) is 19.8. The van der Waals surface area contributed by atoms with Crippen LogP contribution in [0.2, 0.25) is 0 Å². The number of alkyl halides is 4. The van der Waals surface area contributed by atoms with Crippen molar-refractivity contribution in [3.05, 3.63) is 53.6 Å². The first kappa shape index (κ1) is 43.4. The SMILES string of the molecule is CCC(NC(=O)CNC)C(=O)N1CC(F)(F)CC1Cc1c(-c2nc3cc(F)ccc3n2CC2CC(F)(F)CN2C(=O)C(NC(=O)CNC)C(C)C)[nH]c2cc(F)ccc12. The molecule has 2 saturated heterocycles. The number of H-pyrrole nitrogens is 1. The van der Waals surface area contributed by atoms with Crippen molar-refractivity contribution >= 4 is 45.6 Å². The molecule has 320 valence electrons. The number of nitrogens with zero attached hydrogens (tertiary/aromatic N) is 4. The second kappa shape index (κ2) is 17.2. The fraction of sp³-hybridized carbons (Fsp3) is 0.525. The molecule has 0 bridgehead atoms. The van der Waals surface area contributed by atoms with Crippen LogP contribution in [0.5, 0.6) is 0 Å². The summed E-state index contributed by atoms with van der Waals surface area (Å²) in [6.07, 6.45) is -1.56. The van der Waals surface area contributed by atoms with Gasteiger partial charge in [-0.25, -0.2) is 31.3 Å². The third-order valence-electron chi connectivity index (χ3n) is 10.9. The van der Waals surface area contributed by atoms with E-state index < -0.39 is 103 Å². The summed E-state index contributed by atoms with van der Waals surface area (Å²) in [5.74, 6) is -10.7. The van der Waals surface area contributed by atoms with E-state index in [1.54, 1.807) is 34.9 Å². The van der Waals surface area contributed by atoms with Gasteiger partial charge in [-0.3, -0.25) is 19.2 Å². The lowest BCUT2D eigenvalue weighted by Gasteiger charge is -2.31. The van der Waals surface area contributed by atoms with E-state index in [1.165, 1.54) is 28.8 Å². The first-order valence-corrected chi connectivity index (χ1v) is 19.6. The van der Waals surface area contributed by atoms with Crippen LogP contribution in [-0.4, -0.2) is 124 Å². The van der Waals surface area contributed by atoms with Crippen LogP contribution >= 0.6 is 0 Å². The van der Waals surface area contributed by atoms with Gasteiger partial charge in [-0.05, 0) is 68.8 Å². The lowest BCUT2D eigenvalue weighted by Crippen LogP contribution is -2.54. The Labute approximate surface area is 336 Å². The zero-order chi connectivity index (χ0) is 43.0. The minimum absolute atomic E-state index is 0.0657. The molecule has 5 N–H and O–H groups in total. The van der Waals surface area contributed by atoms with Crippen molar-refractivity contribution in [2.45, 2.75) is 89.0 Å². The van der Waals surface area contributed by atoms with E-state index in [4.69, 9.17) is 4.98 Å². The number of benzene rings is 2. The van der Waals surface area contributed by atoms with Gasteiger partial charge in [-0.2, -0.15) is 0 Å². The van der Waals surface area contributed by atoms with E-state index in [-0.39, 0.29) is 55.0 Å². The largest absolute Gasteiger partial charge is 0.352 e. The zero-order valence-corrected chi connectivity index (χ0v) is 33.4. The van der Waals surface area contributed by atoms with Gasteiger partial charge in [0.25, 0.3) is 11.8 Å². The van der Waals surface area contributed by atoms with E-state index in [0.29, 0.717) is 16.5 Å². The zero-order valence-electron chi connectivity index (χ0n) is 33.4. The molecule has 2 aliphatic rings. The first-order valence-electron chi connectivity index (χ1n) is 19.6. The lowest BCUT2D eigenvalue weighted by molar-refractivity contribution is -0.139. The summed E-state index contributed by atoms with van der Waals surface area (Å²) in [6.45, 7) is 2.67. The maximum Gasteiger partial charge on any atom is 0.267 e. The molecular formula is C40H49F6N9O4. The monoisotopic (exact) mass is 833 g/mol. The Kier molecular flexibility index (Phi) is 12.7. The molecule has 6 rings (SSSR count). The Bertz CT molecular complexity index is 2230. The molecule has 0 spiro atoms. The number of nitrogens with one attached hydrogen (secondary N) is 5. The maximum absolute atomic E-state index is 15.4. The maximum atomic E-state index is 15.4. The summed E-state index contributed by atoms with van der Waals surface area (Å²) >= 11 is 0. The topological polar surface area (TPSA) is 156 Å². The average molecular weight is 834 g/mol. The molecule has 2 aliphatic heterocycles. The van der Waals surface area contributed by atoms with Gasteiger partial charge in [-0.1, -0.05) is 20.8 Å². The van der Waals surface area contributed by atoms with Crippen LogP contribution in [0, 0.1) is 17.6 Å². The second-order valence-electron chi connectivity index (χ2n) is 15.8. The van der Waals surface area contributed by atoms with E-state index >= 15 is 17.6 Å². The van der Waals surface area contributed by atoms with E-state index in [1.807, 2.05) is 0 Å². The molecule has 4 atom stereocenters. The molecule has 4 amide bonds. The molecule has 19 heteroatoms. The minimum Gasteiger partial charge on any atom is -0.352 e. The van der Waals surface area contributed by atoms with E-state index in [0.717, 1.165) is 21.9 Å². The number of hydrogen-bond acceptors (Lipinski definition) is 7. The summed E-state index contributed by atoms with van der Waals surface area (Å²) in [6, 6.07) is 3.04. The van der Waals surface area contributed by atoms with Crippen LogP contribution in [-0.2, 0) is 32.1 Å². The Morgan fingerprint density at radius 1 is 0.847 bits per heavy atom. The Morgan fingerprint density at radius 2 is 1.44 bits per heavy atom. The van der Waals surface area contributed by atoms with Gasteiger partial charge in [0, 0.05) is 42.4 Å². The number of carbonyl (C=O) groups excluding carboxylic acids is 4. The quantitative estimate of drug-likeness (QED) is 0.114.